The molecule has 0 aliphatic heterocycles. The van der Waals surface area contributed by atoms with Gasteiger partial charge in [-0.15, -0.1) is 0 Å². The van der Waals surface area contributed by atoms with Crippen molar-refractivity contribution in [2.45, 2.75) is 19.8 Å². The molecule has 0 radical (unpaired) electrons. The molecule has 0 N–H and O–H groups in total. The van der Waals surface area contributed by atoms with Crippen LogP contribution < -0.4 is 0 Å². The van der Waals surface area contributed by atoms with Crippen molar-refractivity contribution in [1.29, 1.82) is 0 Å². The van der Waals surface area contributed by atoms with E-state index in [0.717, 1.165) is 16.8 Å². The minimum absolute atomic E-state index is 0.492. The predicted molar refractivity (Wildman–Crippen MR) is 75.8 cm³/mol. The van der Waals surface area contributed by atoms with E-state index in [1.54, 1.807) is 10.0 Å². The number of imidazole rings is 1. The molecule has 0 aliphatic rings. The zero-order valence-corrected chi connectivity index (χ0v) is 11.5. The number of aldehydes is 1. The van der Waals surface area contributed by atoms with Crippen LogP contribution in [0, 0.1) is 0 Å². The summed E-state index contributed by atoms with van der Waals surface area (Å²) in [5.74, 6) is 0.492. The van der Waals surface area contributed by atoms with Gasteiger partial charge in [-0.05, 0) is 11.5 Å². The summed E-state index contributed by atoms with van der Waals surface area (Å²) in [7, 11) is 0. The van der Waals surface area contributed by atoms with Crippen molar-refractivity contribution >= 4 is 22.6 Å². The van der Waals surface area contributed by atoms with E-state index in [9.17, 15) is 4.79 Å². The van der Waals surface area contributed by atoms with Crippen molar-refractivity contribution in [3.8, 4) is 11.3 Å². The van der Waals surface area contributed by atoms with Crippen molar-refractivity contribution in [2.75, 3.05) is 0 Å². The molecule has 96 valence electrons. The molecule has 5 heteroatoms. The van der Waals surface area contributed by atoms with E-state index in [4.69, 9.17) is 0 Å². The molecule has 2 aromatic heterocycles. The van der Waals surface area contributed by atoms with Crippen LogP contribution in [0.25, 0.3) is 16.2 Å². The summed E-state index contributed by atoms with van der Waals surface area (Å²) in [4.78, 5) is 16.5. The number of nitrogens with zero attached hydrogens (tertiary/aromatic N) is 3. The second-order valence-electron chi connectivity index (χ2n) is 4.67. The Balaban J connectivity index is 2.12. The Kier molecular flexibility index (Phi) is 2.91. The molecule has 0 bridgehead atoms. The minimum atomic E-state index is 0.492. The van der Waals surface area contributed by atoms with Gasteiger partial charge in [0.25, 0.3) is 0 Å². The maximum absolute atomic E-state index is 11.3. The van der Waals surface area contributed by atoms with Crippen molar-refractivity contribution in [1.82, 2.24) is 14.6 Å². The van der Waals surface area contributed by atoms with Crippen LogP contribution in [-0.4, -0.2) is 20.9 Å². The van der Waals surface area contributed by atoms with Crippen molar-refractivity contribution in [2.24, 2.45) is 0 Å². The molecule has 0 saturated heterocycles. The van der Waals surface area contributed by atoms with Gasteiger partial charge in [-0.1, -0.05) is 49.4 Å². The van der Waals surface area contributed by atoms with E-state index in [1.165, 1.54) is 16.9 Å². The summed E-state index contributed by atoms with van der Waals surface area (Å²) >= 11 is 1.42. The second kappa shape index (κ2) is 4.59. The predicted octanol–water partition coefficient (Wildman–Crippen LogP) is 3.39. The number of carbonyl (C=O) groups is 1. The van der Waals surface area contributed by atoms with Crippen LogP contribution in [0.3, 0.4) is 0 Å². The second-order valence-corrected chi connectivity index (χ2v) is 5.48. The van der Waals surface area contributed by atoms with Crippen molar-refractivity contribution in [3.05, 3.63) is 41.0 Å². The lowest BCUT2D eigenvalue weighted by Gasteiger charge is -2.05. The fraction of sp³-hybridized carbons (Fsp3) is 0.214. The van der Waals surface area contributed by atoms with Gasteiger partial charge in [0.05, 0.1) is 0 Å². The smallest absolute Gasteiger partial charge is 0.213 e. The van der Waals surface area contributed by atoms with Gasteiger partial charge in [0, 0.05) is 5.56 Å². The Morgan fingerprint density at radius 3 is 2.63 bits per heavy atom. The normalized spacial score (nSPS) is 11.3. The van der Waals surface area contributed by atoms with Gasteiger partial charge in [-0.3, -0.25) is 4.79 Å². The SMILES string of the molecule is CC(C)c1ccc(-c2nc3scnn3c2C=O)cc1. The first-order valence-electron chi connectivity index (χ1n) is 6.08. The summed E-state index contributed by atoms with van der Waals surface area (Å²) in [5, 5.41) is 4.12. The number of benzene rings is 1. The van der Waals surface area contributed by atoms with E-state index in [0.29, 0.717) is 17.3 Å². The number of hydrogen-bond acceptors (Lipinski definition) is 4. The summed E-state index contributed by atoms with van der Waals surface area (Å²) in [5.41, 5.74) is 5.11. The van der Waals surface area contributed by atoms with Gasteiger partial charge >= 0.3 is 0 Å². The lowest BCUT2D eigenvalue weighted by atomic mass is 10.0. The van der Waals surface area contributed by atoms with Crippen LogP contribution >= 0.6 is 11.3 Å². The highest BCUT2D eigenvalue weighted by molar-refractivity contribution is 7.14. The van der Waals surface area contributed by atoms with E-state index in [-0.39, 0.29) is 0 Å². The van der Waals surface area contributed by atoms with Crippen LogP contribution in [0.5, 0.6) is 0 Å². The molecule has 0 spiro atoms. The van der Waals surface area contributed by atoms with E-state index < -0.39 is 0 Å². The molecule has 0 unspecified atom stereocenters. The topological polar surface area (TPSA) is 47.3 Å². The van der Waals surface area contributed by atoms with Gasteiger partial charge in [0.15, 0.2) is 6.29 Å². The van der Waals surface area contributed by atoms with Crippen LogP contribution in [0.4, 0.5) is 0 Å². The van der Waals surface area contributed by atoms with E-state index in [2.05, 4.69) is 36.1 Å². The summed E-state index contributed by atoms with van der Waals surface area (Å²) < 4.78 is 1.59. The quantitative estimate of drug-likeness (QED) is 0.686. The molecule has 0 amide bonds. The minimum Gasteiger partial charge on any atom is -0.296 e. The highest BCUT2D eigenvalue weighted by atomic mass is 32.1. The highest BCUT2D eigenvalue weighted by Gasteiger charge is 2.15. The molecule has 1 aromatic carbocycles. The Hall–Kier alpha value is -2.01. The van der Waals surface area contributed by atoms with E-state index in [1.807, 2.05) is 12.1 Å². The van der Waals surface area contributed by atoms with E-state index >= 15 is 0 Å². The molecule has 19 heavy (non-hydrogen) atoms. The average molecular weight is 271 g/mol. The molecular weight excluding hydrogens is 258 g/mol. The fourth-order valence-corrected chi connectivity index (χ4v) is 2.68. The third-order valence-corrected chi connectivity index (χ3v) is 3.82. The lowest BCUT2D eigenvalue weighted by Crippen LogP contribution is -1.93. The monoisotopic (exact) mass is 271 g/mol. The largest absolute Gasteiger partial charge is 0.296 e. The zero-order chi connectivity index (χ0) is 13.4. The standard InChI is InChI=1S/C14H13N3OS/c1-9(2)10-3-5-11(6-4-10)13-12(7-18)17-14(16-13)19-8-15-17/h3-9H,1-2H3. The van der Waals surface area contributed by atoms with Gasteiger partial charge in [0.2, 0.25) is 4.96 Å². The molecule has 0 aliphatic carbocycles. The zero-order valence-electron chi connectivity index (χ0n) is 10.7. The van der Waals surface area contributed by atoms with Crippen LogP contribution in [0.15, 0.2) is 29.8 Å². The maximum Gasteiger partial charge on any atom is 0.213 e. The lowest BCUT2D eigenvalue weighted by molar-refractivity contribution is 0.111. The third-order valence-electron chi connectivity index (χ3n) is 3.14. The van der Waals surface area contributed by atoms with Crippen LogP contribution in [-0.2, 0) is 0 Å². The van der Waals surface area contributed by atoms with Crippen LogP contribution in [0.1, 0.15) is 35.8 Å². The fourth-order valence-electron chi connectivity index (χ4n) is 2.05. The molecular formula is C14H13N3OS. The number of aromatic nitrogens is 3. The van der Waals surface area contributed by atoms with Crippen molar-refractivity contribution < 1.29 is 4.79 Å². The van der Waals surface area contributed by atoms with Gasteiger partial charge in [-0.25, -0.2) is 4.98 Å². The molecule has 0 fully saturated rings. The average Bonchev–Trinajstić information content (AvgIpc) is 2.98. The molecule has 3 rings (SSSR count). The number of carbonyl (C=O) groups excluding carboxylic acids is 1. The Bertz CT molecular complexity index is 725. The highest BCUT2D eigenvalue weighted by Crippen LogP contribution is 2.26. The first kappa shape index (κ1) is 12.0. The number of rotatable bonds is 3. The first-order chi connectivity index (χ1) is 9.20. The third kappa shape index (κ3) is 1.96. The Labute approximate surface area is 114 Å². The number of hydrogen-bond donors (Lipinski definition) is 0. The summed E-state index contributed by atoms with van der Waals surface area (Å²) in [6.07, 6.45) is 0.811. The Morgan fingerprint density at radius 1 is 1.26 bits per heavy atom. The van der Waals surface area contributed by atoms with Crippen LogP contribution in [0.2, 0.25) is 0 Å². The van der Waals surface area contributed by atoms with Gasteiger partial charge in [-0.2, -0.15) is 9.61 Å². The van der Waals surface area contributed by atoms with Gasteiger partial charge in [0.1, 0.15) is 16.9 Å². The molecule has 0 atom stereocenters. The molecule has 4 nitrogen and oxygen atoms in total. The van der Waals surface area contributed by atoms with Crippen molar-refractivity contribution in [3.63, 3.8) is 0 Å². The molecule has 3 aromatic rings. The Morgan fingerprint density at radius 2 is 2.00 bits per heavy atom. The number of fused-ring (bicyclic) bond motifs is 1. The summed E-state index contributed by atoms with van der Waals surface area (Å²) in [6.45, 7) is 4.31. The maximum atomic E-state index is 11.3. The molecule has 0 saturated carbocycles. The first-order valence-corrected chi connectivity index (χ1v) is 6.96. The summed E-state index contributed by atoms with van der Waals surface area (Å²) in [6, 6.07) is 8.18. The van der Waals surface area contributed by atoms with Gasteiger partial charge < -0.3 is 0 Å². The molecule has 2 heterocycles.